The van der Waals surface area contributed by atoms with E-state index < -0.39 is 0 Å². The van der Waals surface area contributed by atoms with Crippen molar-refractivity contribution in [3.8, 4) is 0 Å². The van der Waals surface area contributed by atoms with Gasteiger partial charge in [0.25, 0.3) is 0 Å². The van der Waals surface area contributed by atoms with Crippen LogP contribution in [0, 0.1) is 5.41 Å². The summed E-state index contributed by atoms with van der Waals surface area (Å²) in [5, 5.41) is 3.33. The van der Waals surface area contributed by atoms with E-state index in [-0.39, 0.29) is 5.41 Å². The van der Waals surface area contributed by atoms with Crippen molar-refractivity contribution in [1.82, 2.24) is 15.1 Å². The smallest absolute Gasteiger partial charge is 0.228 e. The fourth-order valence-corrected chi connectivity index (χ4v) is 2.81. The summed E-state index contributed by atoms with van der Waals surface area (Å²) >= 11 is 0. The molecule has 0 spiro atoms. The molecule has 2 fully saturated rings. The highest BCUT2D eigenvalue weighted by Crippen LogP contribution is 2.31. The van der Waals surface area contributed by atoms with E-state index in [1.807, 2.05) is 0 Å². The molecule has 0 saturated carbocycles. The van der Waals surface area contributed by atoms with Crippen molar-refractivity contribution in [3.63, 3.8) is 0 Å². The summed E-state index contributed by atoms with van der Waals surface area (Å²) in [6.45, 7) is 9.07. The Morgan fingerprint density at radius 3 is 2.53 bits per heavy atom. The fourth-order valence-electron chi connectivity index (χ4n) is 2.81. The number of piperazine rings is 1. The minimum absolute atomic E-state index is 0.124. The Morgan fingerprint density at radius 1 is 1.29 bits per heavy atom. The quantitative estimate of drug-likeness (QED) is 0.725. The standard InChI is InChI=1S/C13H25N3O/c1-11-10-16(9-8-15(11)3)12(17)13(2)4-6-14-7-5-13/h11,14H,4-10H2,1-3H3. The molecular formula is C13H25N3O. The first-order valence-electron chi connectivity index (χ1n) is 6.73. The van der Waals surface area contributed by atoms with Crippen LogP contribution >= 0.6 is 0 Å². The molecule has 2 rings (SSSR count). The van der Waals surface area contributed by atoms with Gasteiger partial charge in [-0.25, -0.2) is 0 Å². The van der Waals surface area contributed by atoms with Gasteiger partial charge in [-0.15, -0.1) is 0 Å². The third kappa shape index (κ3) is 2.63. The lowest BCUT2D eigenvalue weighted by Gasteiger charge is -2.43. The zero-order valence-corrected chi connectivity index (χ0v) is 11.3. The van der Waals surface area contributed by atoms with Crippen LogP contribution in [0.2, 0.25) is 0 Å². The normalized spacial score (nSPS) is 30.3. The molecule has 0 aromatic carbocycles. The molecule has 4 heteroatoms. The second kappa shape index (κ2) is 4.94. The highest BCUT2D eigenvalue weighted by molar-refractivity contribution is 5.82. The predicted octanol–water partition coefficient (Wildman–Crippen LogP) is 0.539. The van der Waals surface area contributed by atoms with Crippen LogP contribution in [0.25, 0.3) is 0 Å². The van der Waals surface area contributed by atoms with Gasteiger partial charge in [0, 0.05) is 31.1 Å². The molecule has 0 bridgehead atoms. The number of carbonyl (C=O) groups excluding carboxylic acids is 1. The number of hydrogen-bond acceptors (Lipinski definition) is 3. The number of hydrogen-bond donors (Lipinski definition) is 1. The van der Waals surface area contributed by atoms with Crippen molar-refractivity contribution in [2.75, 3.05) is 39.8 Å². The van der Waals surface area contributed by atoms with Crippen molar-refractivity contribution in [3.05, 3.63) is 0 Å². The first kappa shape index (κ1) is 12.8. The van der Waals surface area contributed by atoms with Crippen molar-refractivity contribution in [1.29, 1.82) is 0 Å². The van der Waals surface area contributed by atoms with E-state index in [1.165, 1.54) is 0 Å². The number of likely N-dealkylation sites (N-methyl/N-ethyl adjacent to an activating group) is 1. The molecular weight excluding hydrogens is 214 g/mol. The Morgan fingerprint density at radius 2 is 1.94 bits per heavy atom. The first-order valence-corrected chi connectivity index (χ1v) is 6.73. The zero-order chi connectivity index (χ0) is 12.5. The van der Waals surface area contributed by atoms with Gasteiger partial charge in [0.15, 0.2) is 0 Å². The van der Waals surface area contributed by atoms with E-state index in [4.69, 9.17) is 0 Å². The predicted molar refractivity (Wildman–Crippen MR) is 68.9 cm³/mol. The number of carbonyl (C=O) groups is 1. The molecule has 2 aliphatic rings. The molecule has 2 heterocycles. The van der Waals surface area contributed by atoms with Crippen LogP contribution in [0.1, 0.15) is 26.7 Å². The molecule has 0 aromatic heterocycles. The molecule has 1 amide bonds. The van der Waals surface area contributed by atoms with Gasteiger partial charge >= 0.3 is 0 Å². The number of nitrogens with one attached hydrogen (secondary N) is 1. The molecule has 17 heavy (non-hydrogen) atoms. The van der Waals surface area contributed by atoms with Crippen molar-refractivity contribution >= 4 is 5.91 Å². The summed E-state index contributed by atoms with van der Waals surface area (Å²) in [5.41, 5.74) is -0.124. The van der Waals surface area contributed by atoms with Crippen LogP contribution in [0.15, 0.2) is 0 Å². The molecule has 0 radical (unpaired) electrons. The first-order chi connectivity index (χ1) is 8.03. The average molecular weight is 239 g/mol. The lowest BCUT2D eigenvalue weighted by atomic mass is 9.79. The topological polar surface area (TPSA) is 35.6 Å². The molecule has 2 saturated heterocycles. The van der Waals surface area contributed by atoms with Crippen LogP contribution in [0.4, 0.5) is 0 Å². The van der Waals surface area contributed by atoms with Crippen LogP contribution in [-0.2, 0) is 4.79 Å². The van der Waals surface area contributed by atoms with Crippen molar-refractivity contribution in [2.45, 2.75) is 32.7 Å². The molecule has 98 valence electrons. The van der Waals surface area contributed by atoms with Gasteiger partial charge in [0.05, 0.1) is 0 Å². The summed E-state index contributed by atoms with van der Waals surface area (Å²) in [6.07, 6.45) is 1.96. The molecule has 1 unspecified atom stereocenters. The maximum absolute atomic E-state index is 12.6. The Hall–Kier alpha value is -0.610. The van der Waals surface area contributed by atoms with Gasteiger partial charge in [0.2, 0.25) is 5.91 Å². The minimum Gasteiger partial charge on any atom is -0.339 e. The van der Waals surface area contributed by atoms with E-state index in [0.717, 1.165) is 45.6 Å². The summed E-state index contributed by atoms with van der Waals surface area (Å²) in [6, 6.07) is 0.484. The maximum Gasteiger partial charge on any atom is 0.228 e. The monoisotopic (exact) mass is 239 g/mol. The SMILES string of the molecule is CC1CN(C(=O)C2(C)CCNCC2)CCN1C. The number of nitrogens with zero attached hydrogens (tertiary/aromatic N) is 2. The summed E-state index contributed by atoms with van der Waals surface area (Å²) < 4.78 is 0. The van der Waals surface area contributed by atoms with E-state index in [0.29, 0.717) is 11.9 Å². The lowest BCUT2D eigenvalue weighted by molar-refractivity contribution is -0.145. The second-order valence-corrected chi connectivity index (χ2v) is 5.89. The van der Waals surface area contributed by atoms with Crippen LogP contribution in [0.5, 0.6) is 0 Å². The fraction of sp³-hybridized carbons (Fsp3) is 0.923. The molecule has 0 aromatic rings. The molecule has 1 atom stereocenters. The highest BCUT2D eigenvalue weighted by Gasteiger charge is 2.39. The van der Waals surface area contributed by atoms with E-state index in [9.17, 15) is 4.79 Å². The van der Waals surface area contributed by atoms with Gasteiger partial charge in [-0.1, -0.05) is 6.92 Å². The summed E-state index contributed by atoms with van der Waals surface area (Å²) in [5.74, 6) is 0.374. The number of piperidine rings is 1. The summed E-state index contributed by atoms with van der Waals surface area (Å²) in [4.78, 5) is 17.0. The maximum atomic E-state index is 12.6. The zero-order valence-electron chi connectivity index (χ0n) is 11.3. The summed E-state index contributed by atoms with van der Waals surface area (Å²) in [7, 11) is 2.14. The van der Waals surface area contributed by atoms with Gasteiger partial charge < -0.3 is 15.1 Å². The van der Waals surface area contributed by atoms with E-state index in [1.54, 1.807) is 0 Å². The Balaban J connectivity index is 1.99. The van der Waals surface area contributed by atoms with Crippen molar-refractivity contribution in [2.24, 2.45) is 5.41 Å². The van der Waals surface area contributed by atoms with Gasteiger partial charge in [-0.05, 0) is 39.9 Å². The van der Waals surface area contributed by atoms with Gasteiger partial charge in [0.1, 0.15) is 0 Å². The third-order valence-corrected chi connectivity index (χ3v) is 4.47. The Bertz CT molecular complexity index is 286. The van der Waals surface area contributed by atoms with Gasteiger partial charge in [-0.2, -0.15) is 0 Å². The van der Waals surface area contributed by atoms with Crippen LogP contribution in [0.3, 0.4) is 0 Å². The van der Waals surface area contributed by atoms with Gasteiger partial charge in [-0.3, -0.25) is 4.79 Å². The minimum atomic E-state index is -0.124. The van der Waals surface area contributed by atoms with E-state index in [2.05, 4.69) is 36.0 Å². The van der Waals surface area contributed by atoms with Crippen LogP contribution < -0.4 is 5.32 Å². The molecule has 0 aliphatic carbocycles. The number of rotatable bonds is 1. The average Bonchev–Trinajstić information content (AvgIpc) is 2.33. The van der Waals surface area contributed by atoms with Crippen molar-refractivity contribution < 1.29 is 4.79 Å². The van der Waals surface area contributed by atoms with E-state index >= 15 is 0 Å². The van der Waals surface area contributed by atoms with Crippen LogP contribution in [-0.4, -0.2) is 61.5 Å². The number of amides is 1. The Kier molecular flexibility index (Phi) is 3.73. The third-order valence-electron chi connectivity index (χ3n) is 4.47. The molecule has 1 N–H and O–H groups in total. The molecule has 2 aliphatic heterocycles. The largest absolute Gasteiger partial charge is 0.339 e. The highest BCUT2D eigenvalue weighted by atomic mass is 16.2. The lowest BCUT2D eigenvalue weighted by Crippen LogP contribution is -2.56. The molecule has 4 nitrogen and oxygen atoms in total. The second-order valence-electron chi connectivity index (χ2n) is 5.89. The Labute approximate surface area is 104 Å².